The number of rotatable bonds is 2. The van der Waals surface area contributed by atoms with Gasteiger partial charge in [-0.2, -0.15) is 18.3 Å². The van der Waals surface area contributed by atoms with Crippen LogP contribution < -0.4 is 0 Å². The summed E-state index contributed by atoms with van der Waals surface area (Å²) in [6.07, 6.45) is -1.15. The lowest BCUT2D eigenvalue weighted by Crippen LogP contribution is -2.04. The molecule has 1 N–H and O–H groups in total. The van der Waals surface area contributed by atoms with Gasteiger partial charge in [0.15, 0.2) is 5.58 Å². The quantitative estimate of drug-likeness (QED) is 0.577. The molecule has 4 aromatic rings. The second-order valence-corrected chi connectivity index (χ2v) is 5.57. The Morgan fingerprint density at radius 2 is 1.96 bits per heavy atom. The summed E-state index contributed by atoms with van der Waals surface area (Å²) < 4.78 is 44.3. The Morgan fingerprint density at radius 1 is 1.12 bits per heavy atom. The molecule has 8 heteroatoms. The molecule has 1 aromatic carbocycles. The monoisotopic (exact) mass is 344 g/mol. The SMILES string of the molecule is Cc1noc2c(-c3cn[nH]c3)cc(-c3cccc(C(F)(F)F)c3)nc12. The fraction of sp³-hybridized carbons (Fsp3) is 0.118. The highest BCUT2D eigenvalue weighted by atomic mass is 19.4. The minimum Gasteiger partial charge on any atom is -0.354 e. The highest BCUT2D eigenvalue weighted by Crippen LogP contribution is 2.35. The van der Waals surface area contributed by atoms with Crippen LogP contribution in [0, 0.1) is 6.92 Å². The predicted molar refractivity (Wildman–Crippen MR) is 84.6 cm³/mol. The van der Waals surface area contributed by atoms with Crippen LogP contribution in [0.5, 0.6) is 0 Å². The van der Waals surface area contributed by atoms with E-state index in [9.17, 15) is 13.2 Å². The van der Waals surface area contributed by atoms with Crippen LogP contribution in [0.2, 0.25) is 0 Å². The van der Waals surface area contributed by atoms with Crippen molar-refractivity contribution in [2.45, 2.75) is 13.1 Å². The third-order valence-electron chi connectivity index (χ3n) is 3.88. The van der Waals surface area contributed by atoms with Crippen LogP contribution in [0.1, 0.15) is 11.3 Å². The lowest BCUT2D eigenvalue weighted by atomic mass is 10.0. The van der Waals surface area contributed by atoms with Crippen LogP contribution in [-0.4, -0.2) is 20.3 Å². The molecular formula is C17H11F3N4O. The van der Waals surface area contributed by atoms with E-state index in [0.717, 1.165) is 17.7 Å². The predicted octanol–water partition coefficient (Wildman–Crippen LogP) is 4.61. The van der Waals surface area contributed by atoms with Crippen LogP contribution in [0.25, 0.3) is 33.5 Å². The molecule has 0 unspecified atom stereocenters. The molecular weight excluding hydrogens is 333 g/mol. The summed E-state index contributed by atoms with van der Waals surface area (Å²) in [4.78, 5) is 4.44. The molecule has 3 heterocycles. The van der Waals surface area contributed by atoms with Gasteiger partial charge in [-0.1, -0.05) is 17.3 Å². The summed E-state index contributed by atoms with van der Waals surface area (Å²) in [6.45, 7) is 1.73. The van der Waals surface area contributed by atoms with Gasteiger partial charge in [-0.15, -0.1) is 0 Å². The van der Waals surface area contributed by atoms with Crippen molar-refractivity contribution >= 4 is 11.1 Å². The van der Waals surface area contributed by atoms with E-state index in [-0.39, 0.29) is 0 Å². The van der Waals surface area contributed by atoms with E-state index in [1.165, 1.54) is 6.07 Å². The number of pyridine rings is 1. The van der Waals surface area contributed by atoms with Crippen molar-refractivity contribution in [3.63, 3.8) is 0 Å². The van der Waals surface area contributed by atoms with Crippen LogP contribution in [0.3, 0.4) is 0 Å². The first-order valence-electron chi connectivity index (χ1n) is 7.37. The first-order chi connectivity index (χ1) is 11.9. The number of nitrogens with zero attached hydrogens (tertiary/aromatic N) is 3. The number of hydrogen-bond acceptors (Lipinski definition) is 4. The van der Waals surface area contributed by atoms with Gasteiger partial charge in [0.25, 0.3) is 0 Å². The molecule has 0 radical (unpaired) electrons. The van der Waals surface area contributed by atoms with Crippen molar-refractivity contribution in [2.24, 2.45) is 0 Å². The molecule has 0 spiro atoms. The van der Waals surface area contributed by atoms with Gasteiger partial charge in [0, 0.05) is 22.9 Å². The van der Waals surface area contributed by atoms with Gasteiger partial charge in [0.05, 0.1) is 17.5 Å². The average Bonchev–Trinajstić information content (AvgIpc) is 3.24. The van der Waals surface area contributed by atoms with Crippen LogP contribution >= 0.6 is 0 Å². The Kier molecular flexibility index (Phi) is 3.34. The number of H-pyrrole nitrogens is 1. The average molecular weight is 344 g/mol. The molecule has 0 aliphatic heterocycles. The topological polar surface area (TPSA) is 67.6 Å². The zero-order chi connectivity index (χ0) is 17.6. The van der Waals surface area contributed by atoms with Gasteiger partial charge in [-0.05, 0) is 25.1 Å². The van der Waals surface area contributed by atoms with E-state index in [1.54, 1.807) is 31.5 Å². The molecule has 0 atom stereocenters. The molecule has 0 bridgehead atoms. The second-order valence-electron chi connectivity index (χ2n) is 5.57. The smallest absolute Gasteiger partial charge is 0.354 e. The summed E-state index contributed by atoms with van der Waals surface area (Å²) in [5.41, 5.74) is 2.97. The Morgan fingerprint density at radius 3 is 2.68 bits per heavy atom. The van der Waals surface area contributed by atoms with Gasteiger partial charge in [0.1, 0.15) is 11.2 Å². The molecule has 0 aliphatic rings. The minimum absolute atomic E-state index is 0.363. The largest absolute Gasteiger partial charge is 0.416 e. The van der Waals surface area contributed by atoms with Crippen LogP contribution in [-0.2, 0) is 6.18 Å². The van der Waals surface area contributed by atoms with Crippen molar-refractivity contribution in [3.8, 4) is 22.4 Å². The zero-order valence-electron chi connectivity index (χ0n) is 12.9. The number of fused-ring (bicyclic) bond motifs is 1. The number of benzene rings is 1. The highest BCUT2D eigenvalue weighted by molar-refractivity contribution is 5.93. The van der Waals surface area contributed by atoms with Crippen molar-refractivity contribution < 1.29 is 17.7 Å². The van der Waals surface area contributed by atoms with Crippen molar-refractivity contribution in [1.29, 1.82) is 0 Å². The Balaban J connectivity index is 1.96. The number of hydrogen-bond donors (Lipinski definition) is 1. The molecule has 0 saturated carbocycles. The molecule has 4 rings (SSSR count). The molecule has 0 amide bonds. The molecule has 126 valence electrons. The summed E-state index contributed by atoms with van der Waals surface area (Å²) in [6, 6.07) is 6.74. The fourth-order valence-electron chi connectivity index (χ4n) is 2.64. The van der Waals surface area contributed by atoms with Crippen molar-refractivity contribution in [3.05, 3.63) is 54.0 Å². The van der Waals surface area contributed by atoms with Crippen molar-refractivity contribution in [2.75, 3.05) is 0 Å². The summed E-state index contributed by atoms with van der Waals surface area (Å²) in [7, 11) is 0. The Bertz CT molecular complexity index is 1050. The van der Waals surface area contributed by atoms with E-state index in [2.05, 4.69) is 20.3 Å². The lowest BCUT2D eigenvalue weighted by Gasteiger charge is -2.09. The summed E-state index contributed by atoms with van der Waals surface area (Å²) in [5, 5.41) is 10.5. The molecule has 5 nitrogen and oxygen atoms in total. The van der Waals surface area contributed by atoms with Gasteiger partial charge in [-0.25, -0.2) is 4.98 Å². The third kappa shape index (κ3) is 2.65. The van der Waals surface area contributed by atoms with Gasteiger partial charge < -0.3 is 4.52 Å². The number of aromatic amines is 1. The number of nitrogens with one attached hydrogen (secondary N) is 1. The molecule has 0 saturated heterocycles. The summed E-state index contributed by atoms with van der Waals surface area (Å²) in [5.74, 6) is 0. The molecule has 25 heavy (non-hydrogen) atoms. The minimum atomic E-state index is -4.42. The standard InChI is InChI=1S/C17H11F3N4O/c1-9-15-16(25-24-9)13(11-7-21-22-8-11)6-14(23-15)10-3-2-4-12(5-10)17(18,19)20/h2-8H,1H3,(H,21,22). The third-order valence-corrected chi connectivity index (χ3v) is 3.88. The highest BCUT2D eigenvalue weighted by Gasteiger charge is 2.30. The molecule has 0 aliphatic carbocycles. The van der Waals surface area contributed by atoms with Gasteiger partial charge >= 0.3 is 6.18 Å². The molecule has 0 fully saturated rings. The van der Waals surface area contributed by atoms with Crippen LogP contribution in [0.4, 0.5) is 13.2 Å². The lowest BCUT2D eigenvalue weighted by molar-refractivity contribution is -0.137. The maximum Gasteiger partial charge on any atom is 0.416 e. The van der Waals surface area contributed by atoms with E-state index < -0.39 is 11.7 Å². The Hall–Kier alpha value is -3.16. The van der Waals surface area contributed by atoms with Gasteiger partial charge in [-0.3, -0.25) is 5.10 Å². The maximum absolute atomic E-state index is 13.0. The van der Waals surface area contributed by atoms with E-state index in [4.69, 9.17) is 4.52 Å². The van der Waals surface area contributed by atoms with Crippen molar-refractivity contribution in [1.82, 2.24) is 20.3 Å². The number of aromatic nitrogens is 4. The maximum atomic E-state index is 13.0. The fourth-order valence-corrected chi connectivity index (χ4v) is 2.64. The number of halogens is 3. The second kappa shape index (κ2) is 5.44. The number of alkyl halides is 3. The van der Waals surface area contributed by atoms with Crippen LogP contribution in [0.15, 0.2) is 47.2 Å². The van der Waals surface area contributed by atoms with E-state index >= 15 is 0 Å². The molecule has 3 aromatic heterocycles. The summed E-state index contributed by atoms with van der Waals surface area (Å²) >= 11 is 0. The first-order valence-corrected chi connectivity index (χ1v) is 7.37. The van der Waals surface area contributed by atoms with E-state index in [0.29, 0.717) is 33.6 Å². The number of aryl methyl sites for hydroxylation is 1. The van der Waals surface area contributed by atoms with Gasteiger partial charge in [0.2, 0.25) is 0 Å². The zero-order valence-corrected chi connectivity index (χ0v) is 12.9. The first kappa shape index (κ1) is 15.4. The van der Waals surface area contributed by atoms with E-state index in [1.807, 2.05) is 0 Å². The normalized spacial score (nSPS) is 12.0. The Labute approximate surface area is 139 Å².